The number of nitrogens with two attached hydrogens (primary N) is 1. The minimum absolute atomic E-state index is 0.267. The van der Waals surface area contributed by atoms with Crippen LogP contribution in [0.25, 0.3) is 0 Å². The van der Waals surface area contributed by atoms with Gasteiger partial charge in [-0.1, -0.05) is 13.8 Å². The number of rotatable bonds is 6. The number of ketones is 1. The van der Waals surface area contributed by atoms with Gasteiger partial charge in [-0.3, -0.25) is 9.59 Å². The van der Waals surface area contributed by atoms with Crippen molar-refractivity contribution in [3.05, 3.63) is 0 Å². The normalized spacial score (nSPS) is 16.7. The number of hydrogen-bond donors (Lipinski definition) is 2. The molecule has 0 aliphatic carbocycles. The molecule has 16 heavy (non-hydrogen) atoms. The van der Waals surface area contributed by atoms with E-state index in [4.69, 9.17) is 5.73 Å². The zero-order valence-electron chi connectivity index (χ0n) is 10.3. The van der Waals surface area contributed by atoms with Gasteiger partial charge < -0.3 is 15.6 Å². The largest absolute Gasteiger partial charge is 0.462 e. The maximum atomic E-state index is 11.7. The van der Waals surface area contributed by atoms with Gasteiger partial charge in [0, 0.05) is 6.92 Å². The van der Waals surface area contributed by atoms with Gasteiger partial charge in [-0.2, -0.15) is 0 Å². The summed E-state index contributed by atoms with van der Waals surface area (Å²) < 4.78 is 4.62. The van der Waals surface area contributed by atoms with E-state index < -0.39 is 23.4 Å². The van der Waals surface area contributed by atoms with Crippen LogP contribution in [0.4, 0.5) is 0 Å². The van der Waals surface area contributed by atoms with Crippen LogP contribution >= 0.6 is 0 Å². The molecule has 0 aliphatic heterocycles. The Kier molecular flexibility index (Phi) is 5.61. The average Bonchev–Trinajstić information content (AvgIpc) is 2.12. The third-order valence-electron chi connectivity index (χ3n) is 2.15. The molecule has 0 aromatic rings. The quantitative estimate of drug-likeness (QED) is 0.639. The zero-order chi connectivity index (χ0) is 12.9. The second-order valence-electron chi connectivity index (χ2n) is 4.65. The summed E-state index contributed by atoms with van der Waals surface area (Å²) >= 11 is 0. The van der Waals surface area contributed by atoms with Gasteiger partial charge in [-0.05, 0) is 19.3 Å². The lowest BCUT2D eigenvalue weighted by Gasteiger charge is -2.25. The molecular formula is C11H21NO4. The summed E-state index contributed by atoms with van der Waals surface area (Å²) in [5.74, 6) is -0.767. The van der Waals surface area contributed by atoms with Gasteiger partial charge in [-0.15, -0.1) is 0 Å². The average molecular weight is 231 g/mol. The van der Waals surface area contributed by atoms with Gasteiger partial charge in [0.25, 0.3) is 0 Å². The fourth-order valence-electron chi connectivity index (χ4n) is 1.33. The van der Waals surface area contributed by atoms with Crippen LogP contribution in [0.15, 0.2) is 0 Å². The van der Waals surface area contributed by atoms with Gasteiger partial charge in [0.2, 0.25) is 0 Å². The van der Waals surface area contributed by atoms with Crippen molar-refractivity contribution in [3.63, 3.8) is 0 Å². The van der Waals surface area contributed by atoms with Gasteiger partial charge in [0.15, 0.2) is 11.4 Å². The second kappa shape index (κ2) is 5.96. The van der Waals surface area contributed by atoms with Gasteiger partial charge >= 0.3 is 5.97 Å². The van der Waals surface area contributed by atoms with Crippen LogP contribution in [0.1, 0.15) is 34.1 Å². The summed E-state index contributed by atoms with van der Waals surface area (Å²) in [6.45, 7) is 6.04. The van der Waals surface area contributed by atoms with E-state index in [1.807, 2.05) is 13.8 Å². The molecule has 0 heterocycles. The van der Waals surface area contributed by atoms with E-state index in [0.29, 0.717) is 6.42 Å². The van der Waals surface area contributed by atoms with Crippen LogP contribution in [0, 0.1) is 5.92 Å². The Bertz CT molecular complexity index is 261. The van der Waals surface area contributed by atoms with E-state index in [1.54, 1.807) is 0 Å². The highest BCUT2D eigenvalue weighted by Crippen LogP contribution is 2.13. The first-order valence-corrected chi connectivity index (χ1v) is 5.32. The molecule has 0 saturated heterocycles. The third-order valence-corrected chi connectivity index (χ3v) is 2.15. The van der Waals surface area contributed by atoms with Crippen molar-refractivity contribution in [2.45, 2.75) is 45.8 Å². The second-order valence-corrected chi connectivity index (χ2v) is 4.65. The highest BCUT2D eigenvalue weighted by atomic mass is 16.5. The Labute approximate surface area is 96.0 Å². The lowest BCUT2D eigenvalue weighted by atomic mass is 9.91. The van der Waals surface area contributed by atoms with E-state index in [-0.39, 0.29) is 12.5 Å². The highest BCUT2D eigenvalue weighted by molar-refractivity contribution is 5.91. The Morgan fingerprint density at radius 3 is 2.31 bits per heavy atom. The summed E-state index contributed by atoms with van der Waals surface area (Å²) in [4.78, 5) is 22.3. The number of carbonyl (C=O) groups is 2. The minimum Gasteiger partial charge on any atom is -0.462 e. The number of carbonyl (C=O) groups excluding carboxylic acids is 2. The first-order chi connectivity index (χ1) is 7.16. The van der Waals surface area contributed by atoms with Crippen LogP contribution in [0.2, 0.25) is 0 Å². The molecule has 0 unspecified atom stereocenters. The molecule has 2 atom stereocenters. The van der Waals surface area contributed by atoms with E-state index in [1.165, 1.54) is 13.8 Å². The first-order valence-electron chi connectivity index (χ1n) is 5.32. The molecule has 5 heteroatoms. The molecule has 0 amide bonds. The smallest absolute Gasteiger partial charge is 0.302 e. The van der Waals surface area contributed by atoms with Crippen LogP contribution < -0.4 is 5.73 Å². The standard InChI is InChI=1S/C11H21NO4/c1-7(2)5-9(12)10(14)11(4,15)6-16-8(3)13/h7,9,15H,5-6,12H2,1-4H3/t9-,11+/m0/s1. The number of Topliss-reactive ketones (excluding diaryl/α,β-unsaturated/α-hetero) is 1. The van der Waals surface area contributed by atoms with E-state index in [9.17, 15) is 14.7 Å². The lowest BCUT2D eigenvalue weighted by molar-refractivity contribution is -0.155. The Hall–Kier alpha value is -0.940. The summed E-state index contributed by atoms with van der Waals surface area (Å²) in [5, 5.41) is 9.81. The van der Waals surface area contributed by atoms with Crippen molar-refractivity contribution < 1.29 is 19.4 Å². The summed E-state index contributed by atoms with van der Waals surface area (Å²) in [5.41, 5.74) is 3.95. The molecule has 0 fully saturated rings. The molecule has 3 N–H and O–H groups in total. The molecule has 0 radical (unpaired) electrons. The first kappa shape index (κ1) is 15.1. The Morgan fingerprint density at radius 2 is 1.94 bits per heavy atom. The lowest BCUT2D eigenvalue weighted by Crippen LogP contribution is -2.50. The number of aliphatic hydroxyl groups is 1. The predicted octanol–water partition coefficient (Wildman–Crippen LogP) is 0.243. The molecule has 0 saturated carbocycles. The molecule has 94 valence electrons. The fraction of sp³-hybridized carbons (Fsp3) is 0.818. The van der Waals surface area contributed by atoms with Crippen molar-refractivity contribution in [2.75, 3.05) is 6.61 Å². The Balaban J connectivity index is 4.38. The predicted molar refractivity (Wildman–Crippen MR) is 59.7 cm³/mol. The fourth-order valence-corrected chi connectivity index (χ4v) is 1.33. The molecule has 0 aliphatic rings. The SMILES string of the molecule is CC(=O)OC[C@@](C)(O)C(=O)[C@@H](N)CC(C)C. The van der Waals surface area contributed by atoms with Crippen molar-refractivity contribution >= 4 is 11.8 Å². The maximum Gasteiger partial charge on any atom is 0.302 e. The van der Waals surface area contributed by atoms with Gasteiger partial charge in [0.1, 0.15) is 6.61 Å². The zero-order valence-corrected chi connectivity index (χ0v) is 10.3. The van der Waals surface area contributed by atoms with Crippen LogP contribution in [-0.2, 0) is 14.3 Å². The van der Waals surface area contributed by atoms with Crippen molar-refractivity contribution in [1.29, 1.82) is 0 Å². The maximum absolute atomic E-state index is 11.7. The third kappa shape index (κ3) is 5.23. The van der Waals surface area contributed by atoms with Gasteiger partial charge in [0.05, 0.1) is 6.04 Å². The van der Waals surface area contributed by atoms with Crippen molar-refractivity contribution in [1.82, 2.24) is 0 Å². The van der Waals surface area contributed by atoms with Gasteiger partial charge in [-0.25, -0.2) is 0 Å². The topological polar surface area (TPSA) is 89.6 Å². The Morgan fingerprint density at radius 1 is 1.44 bits per heavy atom. The molecule has 0 bridgehead atoms. The van der Waals surface area contributed by atoms with Crippen molar-refractivity contribution in [3.8, 4) is 0 Å². The number of esters is 1. The highest BCUT2D eigenvalue weighted by Gasteiger charge is 2.35. The molecule has 0 aromatic heterocycles. The number of hydrogen-bond acceptors (Lipinski definition) is 5. The molecule has 0 spiro atoms. The van der Waals surface area contributed by atoms with Crippen LogP contribution in [0.5, 0.6) is 0 Å². The van der Waals surface area contributed by atoms with Crippen LogP contribution in [-0.4, -0.2) is 35.1 Å². The monoisotopic (exact) mass is 231 g/mol. The summed E-state index contributed by atoms with van der Waals surface area (Å²) in [6, 6.07) is -0.731. The molecule has 0 aromatic carbocycles. The van der Waals surface area contributed by atoms with E-state index in [2.05, 4.69) is 4.74 Å². The minimum atomic E-state index is -1.71. The molecular weight excluding hydrogens is 210 g/mol. The van der Waals surface area contributed by atoms with E-state index >= 15 is 0 Å². The van der Waals surface area contributed by atoms with E-state index in [0.717, 1.165) is 0 Å². The number of ether oxygens (including phenoxy) is 1. The summed E-state index contributed by atoms with van der Waals surface area (Å²) in [6.07, 6.45) is 0.495. The van der Waals surface area contributed by atoms with Crippen LogP contribution in [0.3, 0.4) is 0 Å². The molecule has 0 rings (SSSR count). The van der Waals surface area contributed by atoms with Crippen molar-refractivity contribution in [2.24, 2.45) is 11.7 Å². The summed E-state index contributed by atoms with van der Waals surface area (Å²) in [7, 11) is 0. The molecule has 5 nitrogen and oxygen atoms in total.